The van der Waals surface area contributed by atoms with Gasteiger partial charge in [0.2, 0.25) is 5.95 Å². The van der Waals surface area contributed by atoms with Crippen molar-refractivity contribution in [2.45, 2.75) is 96.4 Å². The summed E-state index contributed by atoms with van der Waals surface area (Å²) in [5, 5.41) is 15.2. The van der Waals surface area contributed by atoms with Gasteiger partial charge in [0.25, 0.3) is 12.0 Å². The molecule has 0 aromatic carbocycles. The third-order valence-corrected chi connectivity index (χ3v) is 8.05. The molecule has 1 fully saturated rings. The predicted octanol–water partition coefficient (Wildman–Crippen LogP) is 0.918. The van der Waals surface area contributed by atoms with E-state index in [1.807, 2.05) is 0 Å². The predicted molar refractivity (Wildman–Crippen MR) is 144 cm³/mol. The monoisotopic (exact) mass is 641 g/mol. The number of hydrogen-bond donors (Lipinski definition) is 5. The van der Waals surface area contributed by atoms with Crippen molar-refractivity contribution in [2.24, 2.45) is 0 Å². The van der Waals surface area contributed by atoms with Crippen LogP contribution in [0.1, 0.15) is 47.8 Å². The molecule has 0 unspecified atom stereocenters. The lowest BCUT2D eigenvalue weighted by Crippen LogP contribution is -2.52. The summed E-state index contributed by atoms with van der Waals surface area (Å²) in [5.41, 5.74) is 0.923. The third kappa shape index (κ3) is 7.53. The van der Waals surface area contributed by atoms with Gasteiger partial charge in [-0.15, -0.1) is 0 Å². The summed E-state index contributed by atoms with van der Waals surface area (Å²) in [6.07, 6.45) is -10.9. The average Bonchev–Trinajstić information content (AvgIpc) is 3.41. The van der Waals surface area contributed by atoms with Crippen LogP contribution in [0.2, 0.25) is 0 Å². The highest BCUT2D eigenvalue weighted by atomic mass is 31.2. The molecule has 16 nitrogen and oxygen atoms in total. The molecule has 242 valence electrons. The Balaban J connectivity index is 1.94. The first-order valence-corrected chi connectivity index (χ1v) is 14.7. The van der Waals surface area contributed by atoms with Gasteiger partial charge in [-0.2, -0.15) is 4.98 Å². The van der Waals surface area contributed by atoms with Gasteiger partial charge in [0.1, 0.15) is 18.2 Å². The molecule has 0 saturated carbocycles. The fraction of sp³-hybridized carbons (Fsp3) is 0.696. The van der Waals surface area contributed by atoms with Gasteiger partial charge >= 0.3 is 19.6 Å². The van der Waals surface area contributed by atoms with Crippen LogP contribution in [0.15, 0.2) is 11.1 Å². The molecule has 20 heteroatoms. The van der Waals surface area contributed by atoms with E-state index in [0.29, 0.717) is 0 Å². The number of nitrogens with one attached hydrogen (secondary N) is 3. The minimum atomic E-state index is -4.70. The molecule has 2 aromatic rings. The van der Waals surface area contributed by atoms with Crippen LogP contribution in [0.25, 0.3) is 11.2 Å². The Morgan fingerprint density at radius 3 is 2.19 bits per heavy atom. The minimum absolute atomic E-state index is 0.298. The molecule has 6 atom stereocenters. The second kappa shape index (κ2) is 13.3. The SMILES string of the molecule is CC(C)OC(=O)[C@H](C)NP(=O)(N[C@@H](C)C(=O)OC(C)C)OC[C@@]1(C(F)F)O[C@@H](n2cnc3c(=O)[nH]c(N)nc32)[C@H](O)[C@H]1F. The van der Waals surface area contributed by atoms with Gasteiger partial charge in [-0.1, -0.05) is 0 Å². The Bertz CT molecular complexity index is 1390. The Morgan fingerprint density at radius 1 is 1.16 bits per heavy atom. The average molecular weight is 642 g/mol. The number of aliphatic hydroxyl groups is 1. The topological polar surface area (TPSA) is 222 Å². The molecule has 1 aliphatic rings. The second-order valence-corrected chi connectivity index (χ2v) is 12.3. The fourth-order valence-corrected chi connectivity index (χ4v) is 5.92. The van der Waals surface area contributed by atoms with Crippen LogP contribution in [0.5, 0.6) is 0 Å². The van der Waals surface area contributed by atoms with E-state index in [1.165, 1.54) is 13.8 Å². The van der Waals surface area contributed by atoms with Gasteiger partial charge in [0.05, 0.1) is 25.1 Å². The van der Waals surface area contributed by atoms with Crippen LogP contribution in [0.4, 0.5) is 19.1 Å². The first-order valence-electron chi connectivity index (χ1n) is 13.1. The number of nitrogens with zero attached hydrogens (tertiary/aromatic N) is 3. The van der Waals surface area contributed by atoms with Crippen LogP contribution >= 0.6 is 7.67 Å². The van der Waals surface area contributed by atoms with Gasteiger partial charge in [-0.05, 0) is 41.5 Å². The number of carbonyl (C=O) groups excluding carboxylic acids is 2. The Morgan fingerprint density at radius 2 is 1.70 bits per heavy atom. The molecule has 3 heterocycles. The van der Waals surface area contributed by atoms with Gasteiger partial charge in [-0.3, -0.25) is 28.5 Å². The first-order chi connectivity index (χ1) is 19.9. The van der Waals surface area contributed by atoms with Crippen molar-refractivity contribution in [1.29, 1.82) is 0 Å². The zero-order valence-corrected chi connectivity index (χ0v) is 25.0. The smallest absolute Gasteiger partial charge is 0.342 e. The first kappa shape index (κ1) is 34.4. The lowest BCUT2D eigenvalue weighted by Gasteiger charge is -2.33. The number of aromatic amines is 1. The van der Waals surface area contributed by atoms with E-state index in [4.69, 9.17) is 24.5 Å². The number of nitrogens with two attached hydrogens (primary N) is 1. The van der Waals surface area contributed by atoms with Gasteiger partial charge < -0.3 is 29.6 Å². The minimum Gasteiger partial charge on any atom is -0.462 e. The molecular formula is C23H35F3N7O9P. The van der Waals surface area contributed by atoms with Gasteiger partial charge in [0.15, 0.2) is 29.2 Å². The van der Waals surface area contributed by atoms with Crippen molar-refractivity contribution in [3.63, 3.8) is 0 Å². The lowest BCUT2D eigenvalue weighted by atomic mass is 9.98. The van der Waals surface area contributed by atoms with Crippen molar-refractivity contribution in [2.75, 3.05) is 12.3 Å². The zero-order valence-electron chi connectivity index (χ0n) is 24.1. The molecule has 2 aromatic heterocycles. The summed E-state index contributed by atoms with van der Waals surface area (Å²) < 4.78 is 80.1. The molecule has 3 rings (SSSR count). The number of anilines is 1. The molecule has 1 saturated heterocycles. The summed E-state index contributed by atoms with van der Waals surface area (Å²) in [6.45, 7) is 7.22. The van der Waals surface area contributed by atoms with E-state index in [0.717, 1.165) is 10.9 Å². The van der Waals surface area contributed by atoms with Gasteiger partial charge in [0, 0.05) is 0 Å². The maximum absolute atomic E-state index is 15.6. The fourth-order valence-electron chi connectivity index (χ4n) is 4.08. The molecule has 0 amide bonds. The molecular weight excluding hydrogens is 606 g/mol. The quantitative estimate of drug-likeness (QED) is 0.152. The van der Waals surface area contributed by atoms with Crippen molar-refractivity contribution < 1.29 is 51.2 Å². The number of halogens is 3. The highest BCUT2D eigenvalue weighted by Crippen LogP contribution is 2.48. The van der Waals surface area contributed by atoms with Crippen LogP contribution in [0.3, 0.4) is 0 Å². The second-order valence-electron chi connectivity index (χ2n) is 10.4. The van der Waals surface area contributed by atoms with E-state index in [2.05, 4.69) is 25.1 Å². The molecule has 1 aliphatic heterocycles. The Hall–Kier alpha value is -3.09. The van der Waals surface area contributed by atoms with Gasteiger partial charge in [-0.25, -0.2) is 28.3 Å². The van der Waals surface area contributed by atoms with Crippen molar-refractivity contribution in [3.05, 3.63) is 16.7 Å². The van der Waals surface area contributed by atoms with Crippen molar-refractivity contribution in [3.8, 4) is 0 Å². The van der Waals surface area contributed by atoms with Crippen molar-refractivity contribution in [1.82, 2.24) is 29.7 Å². The number of carbonyl (C=O) groups is 2. The Labute approximate surface area is 243 Å². The number of rotatable bonds is 13. The zero-order chi connectivity index (χ0) is 32.4. The summed E-state index contributed by atoms with van der Waals surface area (Å²) in [7, 11) is -4.70. The number of alkyl halides is 3. The maximum atomic E-state index is 15.6. The summed E-state index contributed by atoms with van der Waals surface area (Å²) in [5.74, 6) is -2.17. The number of esters is 2. The van der Waals surface area contributed by atoms with Crippen LogP contribution in [-0.4, -0.2) is 91.8 Å². The number of aliphatic hydroxyl groups excluding tert-OH is 1. The maximum Gasteiger partial charge on any atom is 0.342 e. The van der Waals surface area contributed by atoms with Crippen molar-refractivity contribution >= 4 is 36.7 Å². The number of nitrogen functional groups attached to an aromatic ring is 1. The largest absolute Gasteiger partial charge is 0.462 e. The molecule has 0 spiro atoms. The number of H-pyrrole nitrogens is 1. The number of ether oxygens (including phenoxy) is 3. The highest BCUT2D eigenvalue weighted by Gasteiger charge is 2.63. The molecule has 0 aliphatic carbocycles. The van der Waals surface area contributed by atoms with E-state index in [-0.39, 0.29) is 17.1 Å². The summed E-state index contributed by atoms with van der Waals surface area (Å²) >= 11 is 0. The highest BCUT2D eigenvalue weighted by molar-refractivity contribution is 7.54. The van der Waals surface area contributed by atoms with E-state index in [1.54, 1.807) is 27.7 Å². The number of fused-ring (bicyclic) bond motifs is 1. The van der Waals surface area contributed by atoms with E-state index >= 15 is 4.39 Å². The van der Waals surface area contributed by atoms with Crippen LogP contribution in [-0.2, 0) is 32.9 Å². The lowest BCUT2D eigenvalue weighted by molar-refractivity contribution is -0.181. The number of hydrogen-bond acceptors (Lipinski definition) is 12. The van der Waals surface area contributed by atoms with Crippen LogP contribution in [0, 0.1) is 0 Å². The standard InChI is InChI=1S/C23H35F3N7O9P/c1-9(2)40-19(36)11(5)31-43(38,32-12(6)20(37)41-10(3)4)39-7-23(21(25)26)15(24)14(34)18(42-23)33-8-28-13-16(33)29-22(27)30-17(13)35/h8-12,14-15,18,21,34H,7H2,1-6H3,(H2,31,32,38)(H3,27,29,30,35)/t11-,12-,14+,15+,18+,23+/m0/s1. The molecule has 0 radical (unpaired) electrons. The summed E-state index contributed by atoms with van der Waals surface area (Å²) in [6, 6.07) is -2.74. The van der Waals surface area contributed by atoms with E-state index < -0.39 is 86.6 Å². The number of imidazole rings is 1. The molecule has 6 N–H and O–H groups in total. The molecule has 0 bridgehead atoms. The van der Waals surface area contributed by atoms with Crippen LogP contribution < -0.4 is 21.5 Å². The summed E-state index contributed by atoms with van der Waals surface area (Å²) in [4.78, 5) is 46.7. The van der Waals surface area contributed by atoms with E-state index in [9.17, 15) is 32.8 Å². The number of aromatic nitrogens is 4. The Kier molecular flexibility index (Phi) is 10.6. The molecule has 43 heavy (non-hydrogen) atoms. The normalized spacial score (nSPS) is 24.2. The third-order valence-electron chi connectivity index (χ3n) is 6.10.